The number of nitriles is 1. The van der Waals surface area contributed by atoms with E-state index < -0.39 is 10.0 Å². The third kappa shape index (κ3) is 3.26. The molecular formula is C16H22N2O3S. The second-order valence-corrected chi connectivity index (χ2v) is 7.53. The zero-order valence-electron chi connectivity index (χ0n) is 13.3. The highest BCUT2D eigenvalue weighted by molar-refractivity contribution is 7.89. The molecule has 0 radical (unpaired) electrons. The van der Waals surface area contributed by atoms with E-state index in [2.05, 4.69) is 6.07 Å². The van der Waals surface area contributed by atoms with Gasteiger partial charge < -0.3 is 4.74 Å². The Morgan fingerprint density at radius 2 is 1.91 bits per heavy atom. The SMILES string of the molecule is CCOc1cc(C)c(S(=O)(=O)N2CCC(C#N)CC2)cc1C. The van der Waals surface area contributed by atoms with E-state index in [1.807, 2.05) is 13.8 Å². The normalized spacial score (nSPS) is 17.2. The summed E-state index contributed by atoms with van der Waals surface area (Å²) >= 11 is 0. The van der Waals surface area contributed by atoms with E-state index >= 15 is 0 Å². The Balaban J connectivity index is 2.31. The Labute approximate surface area is 132 Å². The molecule has 1 aliphatic heterocycles. The maximum absolute atomic E-state index is 12.8. The van der Waals surface area contributed by atoms with Crippen LogP contribution in [0.1, 0.15) is 30.9 Å². The predicted molar refractivity (Wildman–Crippen MR) is 84.2 cm³/mol. The van der Waals surface area contributed by atoms with Crippen molar-refractivity contribution in [1.29, 1.82) is 5.26 Å². The van der Waals surface area contributed by atoms with Crippen LogP contribution in [0.2, 0.25) is 0 Å². The first-order valence-corrected chi connectivity index (χ1v) is 8.98. The maximum Gasteiger partial charge on any atom is 0.243 e. The molecule has 5 nitrogen and oxygen atoms in total. The Kier molecular flexibility index (Phi) is 5.09. The second-order valence-electron chi connectivity index (χ2n) is 5.62. The summed E-state index contributed by atoms with van der Waals surface area (Å²) in [6.07, 6.45) is 1.20. The first-order valence-electron chi connectivity index (χ1n) is 7.54. The minimum absolute atomic E-state index is 0.0328. The van der Waals surface area contributed by atoms with Crippen LogP contribution in [-0.2, 0) is 10.0 Å². The number of hydrogen-bond acceptors (Lipinski definition) is 4. The van der Waals surface area contributed by atoms with Crippen LogP contribution in [-0.4, -0.2) is 32.4 Å². The van der Waals surface area contributed by atoms with Crippen molar-refractivity contribution in [2.45, 2.75) is 38.5 Å². The summed E-state index contributed by atoms with van der Waals surface area (Å²) < 4.78 is 32.7. The van der Waals surface area contributed by atoms with Crippen LogP contribution < -0.4 is 4.74 Å². The first kappa shape index (κ1) is 16.8. The van der Waals surface area contributed by atoms with E-state index in [-0.39, 0.29) is 5.92 Å². The summed E-state index contributed by atoms with van der Waals surface area (Å²) in [5.74, 6) is 0.691. The van der Waals surface area contributed by atoms with Crippen molar-refractivity contribution in [3.05, 3.63) is 23.3 Å². The number of sulfonamides is 1. The average Bonchev–Trinajstić information content (AvgIpc) is 2.50. The van der Waals surface area contributed by atoms with Crippen molar-refractivity contribution < 1.29 is 13.2 Å². The van der Waals surface area contributed by atoms with Crippen LogP contribution in [0.25, 0.3) is 0 Å². The number of aryl methyl sites for hydroxylation is 2. The largest absolute Gasteiger partial charge is 0.494 e. The summed E-state index contributed by atoms with van der Waals surface area (Å²) in [5, 5.41) is 8.93. The molecular weight excluding hydrogens is 300 g/mol. The second kappa shape index (κ2) is 6.67. The summed E-state index contributed by atoms with van der Waals surface area (Å²) in [5.41, 5.74) is 1.51. The van der Waals surface area contributed by atoms with Crippen molar-refractivity contribution in [1.82, 2.24) is 4.31 Å². The molecule has 1 aromatic rings. The van der Waals surface area contributed by atoms with Gasteiger partial charge in [0.05, 0.1) is 17.6 Å². The maximum atomic E-state index is 12.8. The van der Waals surface area contributed by atoms with Crippen molar-refractivity contribution in [2.75, 3.05) is 19.7 Å². The highest BCUT2D eigenvalue weighted by Gasteiger charge is 2.30. The molecule has 0 unspecified atom stereocenters. The van der Waals surface area contributed by atoms with E-state index in [4.69, 9.17) is 10.00 Å². The minimum atomic E-state index is -3.51. The Morgan fingerprint density at radius 1 is 1.27 bits per heavy atom. The van der Waals surface area contributed by atoms with Gasteiger partial charge >= 0.3 is 0 Å². The average molecular weight is 322 g/mol. The van der Waals surface area contributed by atoms with Crippen molar-refractivity contribution >= 4 is 10.0 Å². The molecule has 120 valence electrons. The standard InChI is InChI=1S/C16H22N2O3S/c1-4-21-15-9-13(3)16(10-12(15)2)22(19,20)18-7-5-14(11-17)6-8-18/h9-10,14H,4-8H2,1-3H3. The molecule has 2 rings (SSSR count). The Hall–Kier alpha value is -1.58. The molecule has 1 aromatic carbocycles. The molecule has 0 N–H and O–H groups in total. The van der Waals surface area contributed by atoms with Crippen molar-refractivity contribution in [3.63, 3.8) is 0 Å². The van der Waals surface area contributed by atoms with Gasteiger partial charge in [0, 0.05) is 19.0 Å². The monoisotopic (exact) mass is 322 g/mol. The van der Waals surface area contributed by atoms with Crippen LogP contribution in [0.15, 0.2) is 17.0 Å². The molecule has 0 aliphatic carbocycles. The molecule has 1 aliphatic rings. The number of nitrogens with zero attached hydrogens (tertiary/aromatic N) is 2. The third-order valence-corrected chi connectivity index (χ3v) is 6.07. The first-order chi connectivity index (χ1) is 10.4. The van der Waals surface area contributed by atoms with E-state index in [9.17, 15) is 8.42 Å². The topological polar surface area (TPSA) is 70.4 Å². The molecule has 1 heterocycles. The van der Waals surface area contributed by atoms with Gasteiger partial charge in [-0.25, -0.2) is 8.42 Å². The molecule has 1 saturated heterocycles. The minimum Gasteiger partial charge on any atom is -0.494 e. The van der Waals surface area contributed by atoms with Crippen LogP contribution in [0.3, 0.4) is 0 Å². The van der Waals surface area contributed by atoms with Gasteiger partial charge in [-0.1, -0.05) is 0 Å². The fourth-order valence-electron chi connectivity index (χ4n) is 2.72. The molecule has 0 amide bonds. The molecule has 0 saturated carbocycles. The Bertz CT molecular complexity index is 684. The van der Waals surface area contributed by atoms with E-state index in [0.29, 0.717) is 43.0 Å². The zero-order chi connectivity index (χ0) is 16.3. The van der Waals surface area contributed by atoms with E-state index in [1.165, 1.54) is 4.31 Å². The van der Waals surface area contributed by atoms with Gasteiger partial charge in [-0.2, -0.15) is 9.57 Å². The lowest BCUT2D eigenvalue weighted by Gasteiger charge is -2.29. The third-order valence-electron chi connectivity index (χ3n) is 4.03. The number of rotatable bonds is 4. The fourth-order valence-corrected chi connectivity index (χ4v) is 4.48. The lowest BCUT2D eigenvalue weighted by atomic mass is 10.0. The predicted octanol–water partition coefficient (Wildman–Crippen LogP) is 2.63. The quantitative estimate of drug-likeness (QED) is 0.854. The van der Waals surface area contributed by atoms with Crippen LogP contribution in [0.4, 0.5) is 0 Å². The highest BCUT2D eigenvalue weighted by Crippen LogP contribution is 2.30. The van der Waals surface area contributed by atoms with Crippen LogP contribution >= 0.6 is 0 Å². The highest BCUT2D eigenvalue weighted by atomic mass is 32.2. The smallest absolute Gasteiger partial charge is 0.243 e. The van der Waals surface area contributed by atoms with Crippen molar-refractivity contribution in [3.8, 4) is 11.8 Å². The van der Waals surface area contributed by atoms with Gasteiger partial charge in [0.1, 0.15) is 5.75 Å². The Morgan fingerprint density at radius 3 is 2.45 bits per heavy atom. The molecule has 1 fully saturated rings. The van der Waals surface area contributed by atoms with Gasteiger partial charge in [0.25, 0.3) is 0 Å². The number of ether oxygens (including phenoxy) is 1. The molecule has 6 heteroatoms. The lowest BCUT2D eigenvalue weighted by Crippen LogP contribution is -2.38. The van der Waals surface area contributed by atoms with E-state index in [1.54, 1.807) is 19.1 Å². The van der Waals surface area contributed by atoms with Crippen LogP contribution in [0, 0.1) is 31.1 Å². The summed E-state index contributed by atoms with van der Waals surface area (Å²) in [6.45, 7) is 6.91. The number of piperidine rings is 1. The molecule has 0 atom stereocenters. The van der Waals surface area contributed by atoms with Gasteiger partial charge in [-0.15, -0.1) is 0 Å². The summed E-state index contributed by atoms with van der Waals surface area (Å²) in [7, 11) is -3.51. The summed E-state index contributed by atoms with van der Waals surface area (Å²) in [4.78, 5) is 0.337. The molecule has 0 spiro atoms. The van der Waals surface area contributed by atoms with Gasteiger partial charge in [0.2, 0.25) is 10.0 Å². The lowest BCUT2D eigenvalue weighted by molar-refractivity contribution is 0.309. The molecule has 22 heavy (non-hydrogen) atoms. The van der Waals surface area contributed by atoms with Gasteiger partial charge in [-0.3, -0.25) is 0 Å². The van der Waals surface area contributed by atoms with Gasteiger partial charge in [-0.05, 0) is 56.9 Å². The molecule has 0 aromatic heterocycles. The summed E-state index contributed by atoms with van der Waals surface area (Å²) in [6, 6.07) is 5.69. The van der Waals surface area contributed by atoms with Gasteiger partial charge in [0.15, 0.2) is 0 Å². The van der Waals surface area contributed by atoms with Crippen molar-refractivity contribution in [2.24, 2.45) is 5.92 Å². The number of hydrogen-bond donors (Lipinski definition) is 0. The fraction of sp³-hybridized carbons (Fsp3) is 0.562. The van der Waals surface area contributed by atoms with Crippen LogP contribution in [0.5, 0.6) is 5.75 Å². The molecule has 0 bridgehead atoms. The zero-order valence-corrected chi connectivity index (χ0v) is 14.1. The number of benzene rings is 1. The van der Waals surface area contributed by atoms with E-state index in [0.717, 1.165) is 11.3 Å².